The lowest BCUT2D eigenvalue weighted by Gasteiger charge is -2.25. The Hall–Kier alpha value is -3.70. The number of allylic oxidation sites excluding steroid dienone is 1. The van der Waals surface area contributed by atoms with Gasteiger partial charge in [-0.3, -0.25) is 10.1 Å². The van der Waals surface area contributed by atoms with Crippen molar-refractivity contribution < 1.29 is 14.2 Å². The van der Waals surface area contributed by atoms with Gasteiger partial charge in [-0.2, -0.15) is 5.26 Å². The lowest BCUT2D eigenvalue weighted by atomic mass is 9.83. The fourth-order valence-corrected chi connectivity index (χ4v) is 3.70. The third kappa shape index (κ3) is 2.37. The Kier molecular flexibility index (Phi) is 3.64. The van der Waals surface area contributed by atoms with Gasteiger partial charge < -0.3 is 19.9 Å². The van der Waals surface area contributed by atoms with Gasteiger partial charge >= 0.3 is 0 Å². The van der Waals surface area contributed by atoms with E-state index in [0.717, 1.165) is 5.56 Å². The second-order valence-electron chi connectivity index (χ2n) is 6.21. The lowest BCUT2D eigenvalue weighted by Crippen LogP contribution is -2.21. The topological polar surface area (TPSA) is 119 Å². The molecular formula is C19H12ClN5O3. The van der Waals surface area contributed by atoms with E-state index in [9.17, 15) is 5.26 Å². The third-order valence-corrected chi connectivity index (χ3v) is 5.02. The van der Waals surface area contributed by atoms with E-state index in [0.29, 0.717) is 33.3 Å². The molecule has 0 bridgehead atoms. The van der Waals surface area contributed by atoms with Crippen molar-refractivity contribution in [1.29, 1.82) is 5.26 Å². The molecule has 1 aromatic carbocycles. The van der Waals surface area contributed by atoms with Gasteiger partial charge in [0.15, 0.2) is 11.5 Å². The molecule has 0 saturated carbocycles. The van der Waals surface area contributed by atoms with Gasteiger partial charge in [-0.05, 0) is 23.8 Å². The highest BCUT2D eigenvalue weighted by molar-refractivity contribution is 6.31. The molecule has 138 valence electrons. The number of halogens is 1. The van der Waals surface area contributed by atoms with Gasteiger partial charge in [0, 0.05) is 29.0 Å². The summed E-state index contributed by atoms with van der Waals surface area (Å²) in [4.78, 5) is 4.15. The van der Waals surface area contributed by atoms with Crippen molar-refractivity contribution in [2.24, 2.45) is 5.73 Å². The van der Waals surface area contributed by atoms with Crippen LogP contribution in [0, 0.1) is 11.3 Å². The van der Waals surface area contributed by atoms with Crippen molar-refractivity contribution in [3.8, 4) is 34.7 Å². The molecule has 5 rings (SSSR count). The standard InChI is InChI=1S/C19H12ClN5O3/c20-12-5-14-13(26-8-27-14)4-10(12)15-11(6-21)18(22)28-19-16(15)17(24-25-19)9-2-1-3-23-7-9/h1-5,7,15H,8,22H2,(H,24,25)/t15-/m1/s1. The number of benzene rings is 1. The van der Waals surface area contributed by atoms with E-state index in [-0.39, 0.29) is 24.1 Å². The molecule has 0 unspecified atom stereocenters. The Bertz CT molecular complexity index is 1170. The molecule has 8 nitrogen and oxygen atoms in total. The maximum absolute atomic E-state index is 9.79. The number of pyridine rings is 1. The van der Waals surface area contributed by atoms with Crippen molar-refractivity contribution in [2.45, 2.75) is 5.92 Å². The summed E-state index contributed by atoms with van der Waals surface area (Å²) in [5.74, 6) is 0.780. The van der Waals surface area contributed by atoms with Crippen LogP contribution in [0.1, 0.15) is 17.0 Å². The molecule has 0 fully saturated rings. The summed E-state index contributed by atoms with van der Waals surface area (Å²) in [6.45, 7) is 0.115. The van der Waals surface area contributed by atoms with Gasteiger partial charge in [0.05, 0.1) is 17.2 Å². The molecule has 0 radical (unpaired) electrons. The molecule has 0 aliphatic carbocycles. The molecule has 3 N–H and O–H groups in total. The molecule has 3 aromatic rings. The Balaban J connectivity index is 1.76. The van der Waals surface area contributed by atoms with Crippen LogP contribution in [-0.4, -0.2) is 22.0 Å². The quantitative estimate of drug-likeness (QED) is 0.686. The van der Waals surface area contributed by atoms with Gasteiger partial charge in [0.2, 0.25) is 18.6 Å². The number of aromatic nitrogens is 3. The maximum atomic E-state index is 9.79. The molecule has 2 aromatic heterocycles. The second-order valence-corrected chi connectivity index (χ2v) is 6.62. The van der Waals surface area contributed by atoms with Crippen LogP contribution in [0.5, 0.6) is 17.4 Å². The first kappa shape index (κ1) is 16.5. The number of nitrogens with one attached hydrogen (secondary N) is 1. The Morgan fingerprint density at radius 1 is 1.29 bits per heavy atom. The van der Waals surface area contributed by atoms with E-state index in [4.69, 9.17) is 31.5 Å². The zero-order valence-corrected chi connectivity index (χ0v) is 15.0. The Morgan fingerprint density at radius 2 is 2.11 bits per heavy atom. The number of nitriles is 1. The molecule has 28 heavy (non-hydrogen) atoms. The maximum Gasteiger partial charge on any atom is 0.244 e. The first-order chi connectivity index (χ1) is 13.7. The normalized spacial score (nSPS) is 17.1. The monoisotopic (exact) mass is 393 g/mol. The minimum absolute atomic E-state index is 0.0158. The van der Waals surface area contributed by atoms with Gasteiger partial charge in [0.25, 0.3) is 0 Å². The molecule has 0 saturated heterocycles. The summed E-state index contributed by atoms with van der Waals surface area (Å²) in [5, 5.41) is 17.4. The average Bonchev–Trinajstić information content (AvgIpc) is 3.33. The fourth-order valence-electron chi connectivity index (χ4n) is 3.44. The van der Waals surface area contributed by atoms with Crippen LogP contribution in [-0.2, 0) is 0 Å². The smallest absolute Gasteiger partial charge is 0.244 e. The number of rotatable bonds is 2. The molecular weight excluding hydrogens is 382 g/mol. The minimum Gasteiger partial charge on any atom is -0.454 e. The van der Waals surface area contributed by atoms with Crippen molar-refractivity contribution in [3.63, 3.8) is 0 Å². The Labute approximate surface area is 164 Å². The number of aromatic amines is 1. The van der Waals surface area contributed by atoms with Crippen LogP contribution in [0.2, 0.25) is 5.02 Å². The highest BCUT2D eigenvalue weighted by Gasteiger charge is 2.37. The summed E-state index contributed by atoms with van der Waals surface area (Å²) in [6.07, 6.45) is 3.37. The predicted molar refractivity (Wildman–Crippen MR) is 98.7 cm³/mol. The number of nitrogens with two attached hydrogens (primary N) is 1. The lowest BCUT2D eigenvalue weighted by molar-refractivity contribution is 0.174. The van der Waals surface area contributed by atoms with Crippen molar-refractivity contribution in [3.05, 3.63) is 64.3 Å². The number of H-pyrrole nitrogens is 1. The predicted octanol–water partition coefficient (Wildman–Crippen LogP) is 3.07. The van der Waals surface area contributed by atoms with E-state index < -0.39 is 5.92 Å². The molecule has 2 aliphatic rings. The number of nitrogens with zero attached hydrogens (tertiary/aromatic N) is 3. The number of hydrogen-bond acceptors (Lipinski definition) is 7. The van der Waals surface area contributed by atoms with E-state index >= 15 is 0 Å². The molecule has 9 heteroatoms. The van der Waals surface area contributed by atoms with Gasteiger partial charge in [-0.25, -0.2) is 0 Å². The summed E-state index contributed by atoms with van der Waals surface area (Å²) >= 11 is 6.55. The third-order valence-electron chi connectivity index (χ3n) is 4.69. The zero-order chi connectivity index (χ0) is 19.3. The second kappa shape index (κ2) is 6.18. The van der Waals surface area contributed by atoms with Crippen LogP contribution in [0.25, 0.3) is 11.3 Å². The fraction of sp³-hybridized carbons (Fsp3) is 0.105. The molecule has 1 atom stereocenters. The number of hydrogen-bond donors (Lipinski definition) is 2. The summed E-state index contributed by atoms with van der Waals surface area (Å²) in [6, 6.07) is 9.27. The largest absolute Gasteiger partial charge is 0.454 e. The van der Waals surface area contributed by atoms with Crippen LogP contribution < -0.4 is 19.9 Å². The molecule has 4 heterocycles. The van der Waals surface area contributed by atoms with E-state index in [1.807, 2.05) is 12.1 Å². The highest BCUT2D eigenvalue weighted by atomic mass is 35.5. The van der Waals surface area contributed by atoms with Gasteiger partial charge in [-0.15, -0.1) is 5.10 Å². The van der Waals surface area contributed by atoms with Crippen LogP contribution >= 0.6 is 11.6 Å². The van der Waals surface area contributed by atoms with Crippen LogP contribution in [0.15, 0.2) is 48.1 Å². The number of fused-ring (bicyclic) bond motifs is 2. The van der Waals surface area contributed by atoms with Gasteiger partial charge in [0.1, 0.15) is 11.6 Å². The first-order valence-corrected chi connectivity index (χ1v) is 8.70. The Morgan fingerprint density at radius 3 is 2.86 bits per heavy atom. The molecule has 0 spiro atoms. The van der Waals surface area contributed by atoms with Crippen molar-refractivity contribution in [2.75, 3.05) is 6.79 Å². The first-order valence-electron chi connectivity index (χ1n) is 8.32. The highest BCUT2D eigenvalue weighted by Crippen LogP contribution is 2.49. The zero-order valence-electron chi connectivity index (χ0n) is 14.3. The van der Waals surface area contributed by atoms with Crippen molar-refractivity contribution >= 4 is 11.6 Å². The number of ether oxygens (including phenoxy) is 3. The van der Waals surface area contributed by atoms with Crippen LogP contribution in [0.4, 0.5) is 0 Å². The van der Waals surface area contributed by atoms with Gasteiger partial charge in [-0.1, -0.05) is 11.6 Å². The molecule has 2 aliphatic heterocycles. The van der Waals surface area contributed by atoms with E-state index in [2.05, 4.69) is 21.3 Å². The van der Waals surface area contributed by atoms with Crippen LogP contribution in [0.3, 0.4) is 0 Å². The van der Waals surface area contributed by atoms with E-state index in [1.165, 1.54) is 0 Å². The summed E-state index contributed by atoms with van der Waals surface area (Å²) in [7, 11) is 0. The minimum atomic E-state index is -0.593. The van der Waals surface area contributed by atoms with Crippen molar-refractivity contribution in [1.82, 2.24) is 15.2 Å². The molecule has 0 amide bonds. The summed E-state index contributed by atoms with van der Waals surface area (Å²) < 4.78 is 16.5. The SMILES string of the molecule is N#CC1=C(N)Oc2n[nH]c(-c3cccnc3)c2[C@@H]1c1cc2c(cc1Cl)OCO2. The van der Waals surface area contributed by atoms with E-state index in [1.54, 1.807) is 24.5 Å². The summed E-state index contributed by atoms with van der Waals surface area (Å²) in [5.41, 5.74) is 9.00. The average molecular weight is 394 g/mol.